The zero-order valence-electron chi connectivity index (χ0n) is 23.6. The predicted octanol–water partition coefficient (Wildman–Crippen LogP) is 5.52. The first-order valence-electron chi connectivity index (χ1n) is 14.2. The van der Waals surface area contributed by atoms with E-state index in [1.165, 1.54) is 0 Å². The Morgan fingerprint density at radius 2 is 1.79 bits per heavy atom. The molecule has 5 rings (SSSR count). The molecule has 0 bridgehead atoms. The molecule has 3 N–H and O–H groups in total. The number of halogens is 2. The molecule has 1 aliphatic carbocycles. The summed E-state index contributed by atoms with van der Waals surface area (Å²) >= 11 is 13.0. The molecule has 0 unspecified atom stereocenters. The third kappa shape index (κ3) is 6.80. The van der Waals surface area contributed by atoms with Gasteiger partial charge in [-0.3, -0.25) is 14.4 Å². The number of benzene rings is 3. The van der Waals surface area contributed by atoms with Gasteiger partial charge >= 0.3 is 5.97 Å². The van der Waals surface area contributed by atoms with Crippen LogP contribution in [-0.2, 0) is 21.0 Å². The van der Waals surface area contributed by atoms with E-state index in [0.29, 0.717) is 38.0 Å². The van der Waals surface area contributed by atoms with Crippen LogP contribution in [0.4, 0.5) is 0 Å². The van der Waals surface area contributed by atoms with E-state index in [-0.39, 0.29) is 24.6 Å². The number of fused-ring (bicyclic) bond motifs is 1. The Hall–Kier alpha value is -3.63. The van der Waals surface area contributed by atoms with Gasteiger partial charge in [-0.15, -0.1) is 0 Å². The summed E-state index contributed by atoms with van der Waals surface area (Å²) in [4.78, 5) is 46.7. The molecule has 1 heterocycles. The van der Waals surface area contributed by atoms with Crippen molar-refractivity contribution in [2.24, 2.45) is 0 Å². The van der Waals surface area contributed by atoms with Crippen LogP contribution in [0.1, 0.15) is 64.7 Å². The first-order chi connectivity index (χ1) is 20.8. The number of carbonyl (C=O) groups excluding carboxylic acids is 2. The van der Waals surface area contributed by atoms with Crippen molar-refractivity contribution in [2.75, 3.05) is 13.7 Å². The van der Waals surface area contributed by atoms with E-state index in [0.717, 1.165) is 25.7 Å². The number of hydrogen-bond donors (Lipinski definition) is 3. The van der Waals surface area contributed by atoms with Crippen molar-refractivity contribution in [2.45, 2.75) is 56.3 Å². The molecular formula is C32H33Cl2N3O6. The van der Waals surface area contributed by atoms with E-state index in [1.807, 2.05) is 18.0 Å². The highest BCUT2D eigenvalue weighted by molar-refractivity contribution is 6.35. The maximum absolute atomic E-state index is 14.3. The number of amides is 2. The Kier molecular flexibility index (Phi) is 9.87. The first kappa shape index (κ1) is 30.8. The Morgan fingerprint density at radius 1 is 1.00 bits per heavy atom. The lowest BCUT2D eigenvalue weighted by Crippen LogP contribution is -2.58. The van der Waals surface area contributed by atoms with E-state index >= 15 is 0 Å². The van der Waals surface area contributed by atoms with Crippen LogP contribution in [0.15, 0.2) is 66.7 Å². The van der Waals surface area contributed by atoms with Gasteiger partial charge in [0.1, 0.15) is 5.75 Å². The van der Waals surface area contributed by atoms with Gasteiger partial charge in [0.15, 0.2) is 6.61 Å². The average Bonchev–Trinajstić information content (AvgIpc) is 3.00. The normalized spacial score (nSPS) is 21.7. The molecule has 226 valence electrons. The minimum Gasteiger partial charge on any atom is -0.482 e. The highest BCUT2D eigenvalue weighted by Gasteiger charge is 2.49. The Labute approximate surface area is 260 Å². The van der Waals surface area contributed by atoms with E-state index < -0.39 is 30.4 Å². The number of nitrogens with zero attached hydrogens (tertiary/aromatic N) is 1. The fourth-order valence-electron chi connectivity index (χ4n) is 6.18. The number of nitrogens with one attached hydrogen (secondary N) is 2. The fraction of sp³-hybridized carbons (Fsp3) is 0.344. The van der Waals surface area contributed by atoms with Crippen molar-refractivity contribution < 1.29 is 29.1 Å². The van der Waals surface area contributed by atoms with E-state index in [2.05, 4.69) is 10.8 Å². The number of carboxylic acid groups (broad SMARTS) is 1. The third-order valence-electron chi connectivity index (χ3n) is 8.07. The van der Waals surface area contributed by atoms with E-state index in [4.69, 9.17) is 37.9 Å². The van der Waals surface area contributed by atoms with Crippen LogP contribution in [0.5, 0.6) is 5.75 Å². The standard InChI is InChI=1S/C32H33Cl2N3O6/c1-35-26-11-4-5-12-27(26)37-30(24-14-13-20(33)16-25(24)34)29(22-9-2-3-10-23(22)32(37)41)31(40)36-43-17-19-7-6-8-21(15-19)42-18-28(38)39/h2-3,6-10,13-16,26-27,29-30,35H,4-5,11-12,17-18H2,1H3,(H,36,40)(H,38,39)/t26-,27-,29+,30-/m0/s1. The molecule has 11 heteroatoms. The topological polar surface area (TPSA) is 117 Å². The number of rotatable bonds is 10. The summed E-state index contributed by atoms with van der Waals surface area (Å²) < 4.78 is 5.24. The van der Waals surface area contributed by atoms with Crippen molar-refractivity contribution in [3.63, 3.8) is 0 Å². The molecule has 4 atom stereocenters. The molecule has 43 heavy (non-hydrogen) atoms. The lowest BCUT2D eigenvalue weighted by atomic mass is 9.76. The minimum atomic E-state index is -1.08. The average molecular weight is 627 g/mol. The fourth-order valence-corrected chi connectivity index (χ4v) is 6.70. The molecule has 3 aromatic rings. The van der Waals surface area contributed by atoms with Crippen LogP contribution in [0.2, 0.25) is 10.0 Å². The molecule has 1 saturated carbocycles. The molecule has 3 aromatic carbocycles. The maximum Gasteiger partial charge on any atom is 0.341 e. The van der Waals surface area contributed by atoms with Gasteiger partial charge in [-0.1, -0.05) is 72.4 Å². The zero-order chi connectivity index (χ0) is 30.5. The van der Waals surface area contributed by atoms with Gasteiger partial charge in [-0.25, -0.2) is 10.3 Å². The molecule has 2 amide bonds. The monoisotopic (exact) mass is 625 g/mol. The predicted molar refractivity (Wildman–Crippen MR) is 162 cm³/mol. The highest BCUT2D eigenvalue weighted by Crippen LogP contribution is 2.47. The zero-order valence-corrected chi connectivity index (χ0v) is 25.1. The smallest absolute Gasteiger partial charge is 0.341 e. The van der Waals surface area contributed by atoms with Gasteiger partial charge in [0.05, 0.1) is 18.6 Å². The summed E-state index contributed by atoms with van der Waals surface area (Å²) in [6.07, 6.45) is 3.70. The summed E-state index contributed by atoms with van der Waals surface area (Å²) in [7, 11) is 1.90. The molecule has 9 nitrogen and oxygen atoms in total. The summed E-state index contributed by atoms with van der Waals surface area (Å²) in [6.45, 7) is -0.467. The number of ether oxygens (including phenoxy) is 1. The molecule has 1 fully saturated rings. The Morgan fingerprint density at radius 3 is 2.56 bits per heavy atom. The second kappa shape index (κ2) is 13.8. The molecular weight excluding hydrogens is 593 g/mol. The van der Waals surface area contributed by atoms with Crippen LogP contribution >= 0.6 is 23.2 Å². The summed E-state index contributed by atoms with van der Waals surface area (Å²) in [5.41, 5.74) is 4.95. The van der Waals surface area contributed by atoms with Crippen LogP contribution < -0.4 is 15.5 Å². The minimum absolute atomic E-state index is 0.00381. The van der Waals surface area contributed by atoms with Gasteiger partial charge in [-0.05, 0) is 66.9 Å². The van der Waals surface area contributed by atoms with E-state index in [1.54, 1.807) is 60.7 Å². The van der Waals surface area contributed by atoms with Crippen LogP contribution in [0.25, 0.3) is 0 Å². The molecule has 2 aliphatic rings. The summed E-state index contributed by atoms with van der Waals surface area (Å²) in [5, 5.41) is 13.1. The van der Waals surface area contributed by atoms with Crippen molar-refractivity contribution in [1.29, 1.82) is 0 Å². The number of hydrogen-bond acceptors (Lipinski definition) is 6. The summed E-state index contributed by atoms with van der Waals surface area (Å²) in [6, 6.07) is 18.2. The quantitative estimate of drug-likeness (QED) is 0.254. The van der Waals surface area contributed by atoms with Crippen LogP contribution in [0.3, 0.4) is 0 Å². The first-order valence-corrected chi connectivity index (χ1v) is 14.9. The lowest BCUT2D eigenvalue weighted by molar-refractivity contribution is -0.139. The Bertz CT molecular complexity index is 1500. The number of hydroxylamine groups is 1. The molecule has 1 aliphatic heterocycles. The second-order valence-corrected chi connectivity index (χ2v) is 11.6. The van der Waals surface area contributed by atoms with Gasteiger partial charge < -0.3 is 20.1 Å². The largest absolute Gasteiger partial charge is 0.482 e. The maximum atomic E-state index is 14.3. The number of carbonyl (C=O) groups is 3. The van der Waals surface area contributed by atoms with Gasteiger partial charge in [0.25, 0.3) is 11.8 Å². The second-order valence-electron chi connectivity index (χ2n) is 10.7. The van der Waals surface area contributed by atoms with Gasteiger partial charge in [0.2, 0.25) is 0 Å². The van der Waals surface area contributed by atoms with Crippen molar-refractivity contribution >= 4 is 41.0 Å². The van der Waals surface area contributed by atoms with Crippen molar-refractivity contribution in [3.8, 4) is 5.75 Å². The molecule has 0 spiro atoms. The number of carboxylic acids is 1. The van der Waals surface area contributed by atoms with Crippen LogP contribution in [0, 0.1) is 0 Å². The van der Waals surface area contributed by atoms with Crippen LogP contribution in [-0.4, -0.2) is 53.5 Å². The molecule has 0 radical (unpaired) electrons. The van der Waals surface area contributed by atoms with Crippen molar-refractivity contribution in [1.82, 2.24) is 15.7 Å². The SMILES string of the molecule is CN[C@H]1CCCC[C@@H]1N1C(=O)c2ccccc2[C@@H](C(=O)NOCc2cccc(OCC(=O)O)c2)[C@@H]1c1ccc(Cl)cc1Cl. The number of aliphatic carboxylic acids is 1. The highest BCUT2D eigenvalue weighted by atomic mass is 35.5. The third-order valence-corrected chi connectivity index (χ3v) is 8.63. The van der Waals surface area contributed by atoms with Crippen molar-refractivity contribution in [3.05, 3.63) is 99.0 Å². The number of likely N-dealkylation sites (N-methyl/N-ethyl adjacent to an activating group) is 1. The molecule has 0 aromatic heterocycles. The Balaban J connectivity index is 1.49. The lowest BCUT2D eigenvalue weighted by Gasteiger charge is -2.49. The summed E-state index contributed by atoms with van der Waals surface area (Å²) in [5.74, 6) is -2.14. The molecule has 0 saturated heterocycles. The van der Waals surface area contributed by atoms with Gasteiger partial charge in [0, 0.05) is 27.7 Å². The van der Waals surface area contributed by atoms with E-state index in [9.17, 15) is 14.4 Å². The van der Waals surface area contributed by atoms with Gasteiger partial charge in [-0.2, -0.15) is 0 Å².